The molecule has 0 atom stereocenters. The van der Waals surface area contributed by atoms with Crippen LogP contribution in [0.15, 0.2) is 41.3 Å². The van der Waals surface area contributed by atoms with Crippen LogP contribution >= 0.6 is 0 Å². The number of nitrogens with one attached hydrogen (secondary N) is 2. The van der Waals surface area contributed by atoms with E-state index >= 15 is 0 Å². The van der Waals surface area contributed by atoms with E-state index in [9.17, 15) is 13.2 Å². The van der Waals surface area contributed by atoms with Crippen molar-refractivity contribution in [2.24, 2.45) is 0 Å². The van der Waals surface area contributed by atoms with Gasteiger partial charge in [0.15, 0.2) is 0 Å². The molecule has 2 rings (SSSR count). The van der Waals surface area contributed by atoms with E-state index < -0.39 is 10.0 Å². The minimum absolute atomic E-state index is 0.142. The van der Waals surface area contributed by atoms with Gasteiger partial charge >= 0.3 is 0 Å². The van der Waals surface area contributed by atoms with E-state index in [4.69, 9.17) is 0 Å². The summed E-state index contributed by atoms with van der Waals surface area (Å²) >= 11 is 0. The van der Waals surface area contributed by atoms with Crippen molar-refractivity contribution in [2.45, 2.75) is 25.7 Å². The van der Waals surface area contributed by atoms with E-state index in [1.807, 2.05) is 32.9 Å². The van der Waals surface area contributed by atoms with Gasteiger partial charge in [-0.3, -0.25) is 9.52 Å². The van der Waals surface area contributed by atoms with Crippen LogP contribution in [0.1, 0.15) is 16.7 Å². The normalized spacial score (nSPS) is 11.0. The molecule has 116 valence electrons. The highest BCUT2D eigenvalue weighted by molar-refractivity contribution is 7.92. The second kappa shape index (κ2) is 6.19. The molecule has 0 bridgehead atoms. The lowest BCUT2D eigenvalue weighted by atomic mass is 10.1. The number of rotatable bonds is 5. The fraction of sp³-hybridized carbons (Fsp3) is 0.188. The van der Waals surface area contributed by atoms with Crippen LogP contribution in [0.25, 0.3) is 0 Å². The van der Waals surface area contributed by atoms with Crippen molar-refractivity contribution in [2.75, 3.05) is 10.0 Å². The van der Waals surface area contributed by atoms with Crippen LogP contribution in [0.4, 0.5) is 11.4 Å². The molecule has 0 saturated carbocycles. The first-order valence-electron chi connectivity index (χ1n) is 6.74. The third-order valence-corrected chi connectivity index (χ3v) is 4.67. The second-order valence-corrected chi connectivity index (χ2v) is 6.85. The molecule has 6 heteroatoms. The molecule has 2 aromatic carbocycles. The number of sulfonamides is 1. The Labute approximate surface area is 130 Å². The van der Waals surface area contributed by atoms with Crippen LogP contribution < -0.4 is 10.0 Å². The Morgan fingerprint density at radius 1 is 0.955 bits per heavy atom. The number of carbonyl (C=O) groups excluding carboxylic acids is 1. The zero-order valence-electron chi connectivity index (χ0n) is 12.7. The van der Waals surface area contributed by atoms with E-state index in [0.29, 0.717) is 17.8 Å². The quantitative estimate of drug-likeness (QED) is 0.832. The lowest BCUT2D eigenvalue weighted by Crippen LogP contribution is -2.15. The lowest BCUT2D eigenvalue weighted by Gasteiger charge is -2.14. The summed E-state index contributed by atoms with van der Waals surface area (Å²) in [4.78, 5) is 10.5. The van der Waals surface area contributed by atoms with Crippen LogP contribution in [0.5, 0.6) is 0 Å². The van der Waals surface area contributed by atoms with Gasteiger partial charge < -0.3 is 5.32 Å². The van der Waals surface area contributed by atoms with Gasteiger partial charge in [0.2, 0.25) is 6.41 Å². The van der Waals surface area contributed by atoms with E-state index in [-0.39, 0.29) is 4.90 Å². The molecule has 0 spiro atoms. The van der Waals surface area contributed by atoms with Crippen LogP contribution in [0.2, 0.25) is 0 Å². The molecule has 0 aliphatic carbocycles. The molecule has 0 aliphatic rings. The molecule has 0 saturated heterocycles. The minimum atomic E-state index is -3.67. The highest BCUT2D eigenvalue weighted by Gasteiger charge is 2.16. The topological polar surface area (TPSA) is 75.3 Å². The third-order valence-electron chi connectivity index (χ3n) is 3.30. The predicted molar refractivity (Wildman–Crippen MR) is 87.6 cm³/mol. The maximum absolute atomic E-state index is 12.5. The molecule has 0 fully saturated rings. The van der Waals surface area contributed by atoms with E-state index in [1.165, 1.54) is 24.3 Å². The Hall–Kier alpha value is -2.34. The first-order valence-corrected chi connectivity index (χ1v) is 8.23. The Balaban J connectivity index is 2.34. The highest BCUT2D eigenvalue weighted by Crippen LogP contribution is 2.25. The molecule has 22 heavy (non-hydrogen) atoms. The Morgan fingerprint density at radius 3 is 2.00 bits per heavy atom. The van der Waals surface area contributed by atoms with Gasteiger partial charge in [-0.2, -0.15) is 0 Å². The van der Waals surface area contributed by atoms with Crippen molar-refractivity contribution in [3.63, 3.8) is 0 Å². The minimum Gasteiger partial charge on any atom is -0.329 e. The summed E-state index contributed by atoms with van der Waals surface area (Å²) in [6.45, 7) is 5.71. The molecular formula is C16H18N2O3S. The largest absolute Gasteiger partial charge is 0.329 e. The van der Waals surface area contributed by atoms with Gasteiger partial charge in [0.1, 0.15) is 0 Å². The number of anilines is 2. The van der Waals surface area contributed by atoms with Crippen molar-refractivity contribution in [3.8, 4) is 0 Å². The summed E-state index contributed by atoms with van der Waals surface area (Å²) in [5.74, 6) is 0. The molecule has 0 heterocycles. The van der Waals surface area contributed by atoms with E-state index in [1.54, 1.807) is 0 Å². The molecule has 0 aliphatic heterocycles. The molecule has 2 N–H and O–H groups in total. The SMILES string of the molecule is Cc1cc(C)c(NS(=O)(=O)c2ccc(NC=O)cc2)c(C)c1. The molecule has 2 aromatic rings. The van der Waals surface area contributed by atoms with Gasteiger partial charge in [-0.25, -0.2) is 8.42 Å². The molecule has 5 nitrogen and oxygen atoms in total. The van der Waals surface area contributed by atoms with Crippen molar-refractivity contribution in [1.29, 1.82) is 0 Å². The summed E-state index contributed by atoms with van der Waals surface area (Å²) in [5.41, 5.74) is 3.97. The Morgan fingerprint density at radius 2 is 1.50 bits per heavy atom. The summed E-state index contributed by atoms with van der Waals surface area (Å²) in [6, 6.07) is 9.85. The smallest absolute Gasteiger partial charge is 0.261 e. The zero-order chi connectivity index (χ0) is 16.3. The third kappa shape index (κ3) is 3.46. The van der Waals surface area contributed by atoms with Gasteiger partial charge in [0.05, 0.1) is 10.6 Å². The summed E-state index contributed by atoms with van der Waals surface area (Å²) in [7, 11) is -3.67. The summed E-state index contributed by atoms with van der Waals surface area (Å²) in [5, 5.41) is 2.46. The number of hydrogen-bond acceptors (Lipinski definition) is 3. The van der Waals surface area contributed by atoms with Crippen molar-refractivity contribution in [1.82, 2.24) is 0 Å². The van der Waals surface area contributed by atoms with Crippen molar-refractivity contribution < 1.29 is 13.2 Å². The average Bonchev–Trinajstić information content (AvgIpc) is 2.44. The van der Waals surface area contributed by atoms with Crippen LogP contribution in [-0.2, 0) is 14.8 Å². The number of benzene rings is 2. The van der Waals surface area contributed by atoms with Crippen molar-refractivity contribution in [3.05, 3.63) is 53.1 Å². The fourth-order valence-corrected chi connectivity index (χ4v) is 3.54. The van der Waals surface area contributed by atoms with Gasteiger partial charge in [-0.05, 0) is 56.2 Å². The number of aryl methyl sites for hydroxylation is 3. The molecule has 1 amide bonds. The summed E-state index contributed by atoms with van der Waals surface area (Å²) in [6.07, 6.45) is 0.542. The molecular weight excluding hydrogens is 300 g/mol. The molecule has 0 unspecified atom stereocenters. The lowest BCUT2D eigenvalue weighted by molar-refractivity contribution is -0.105. The molecule has 0 radical (unpaired) electrons. The maximum Gasteiger partial charge on any atom is 0.261 e. The first kappa shape index (κ1) is 16.0. The number of amides is 1. The van der Waals surface area contributed by atoms with Crippen LogP contribution in [-0.4, -0.2) is 14.8 Å². The van der Waals surface area contributed by atoms with Gasteiger partial charge in [0, 0.05) is 5.69 Å². The van der Waals surface area contributed by atoms with Crippen LogP contribution in [0.3, 0.4) is 0 Å². The second-order valence-electron chi connectivity index (χ2n) is 5.17. The zero-order valence-corrected chi connectivity index (χ0v) is 13.5. The molecule has 0 aromatic heterocycles. The van der Waals surface area contributed by atoms with Crippen LogP contribution in [0, 0.1) is 20.8 Å². The summed E-state index contributed by atoms with van der Waals surface area (Å²) < 4.78 is 27.6. The van der Waals surface area contributed by atoms with E-state index in [2.05, 4.69) is 10.0 Å². The fourth-order valence-electron chi connectivity index (χ4n) is 2.33. The van der Waals surface area contributed by atoms with Crippen molar-refractivity contribution >= 4 is 27.8 Å². The predicted octanol–water partition coefficient (Wildman–Crippen LogP) is 2.98. The van der Waals surface area contributed by atoms with E-state index in [0.717, 1.165) is 16.7 Å². The highest BCUT2D eigenvalue weighted by atomic mass is 32.2. The van der Waals surface area contributed by atoms with Gasteiger partial charge in [-0.15, -0.1) is 0 Å². The number of hydrogen-bond donors (Lipinski definition) is 2. The average molecular weight is 318 g/mol. The van der Waals surface area contributed by atoms with Gasteiger partial charge in [0.25, 0.3) is 10.0 Å². The maximum atomic E-state index is 12.5. The Kier molecular flexibility index (Phi) is 4.51. The van der Waals surface area contributed by atoms with Gasteiger partial charge in [-0.1, -0.05) is 17.7 Å². The standard InChI is InChI=1S/C16H18N2O3S/c1-11-8-12(2)16(13(3)9-11)18-22(20,21)15-6-4-14(5-7-15)17-10-19/h4-10,18H,1-3H3,(H,17,19). The number of carbonyl (C=O) groups is 1. The Bertz CT molecular complexity index is 774. The monoisotopic (exact) mass is 318 g/mol. The first-order chi connectivity index (χ1) is 10.3.